The molecule has 2 aromatic carbocycles. The third-order valence-electron chi connectivity index (χ3n) is 2.55. The Labute approximate surface area is 125 Å². The van der Waals surface area contributed by atoms with Gasteiger partial charge >= 0.3 is 0 Å². The lowest BCUT2D eigenvalue weighted by molar-refractivity contribution is 0.0909. The zero-order chi connectivity index (χ0) is 15.6. The van der Waals surface area contributed by atoms with Crippen molar-refractivity contribution in [2.45, 2.75) is 0 Å². The van der Waals surface area contributed by atoms with Crippen LogP contribution < -0.4 is 4.74 Å². The molecule has 7 heteroatoms. The third-order valence-corrected chi connectivity index (χ3v) is 3.14. The van der Waals surface area contributed by atoms with Gasteiger partial charge in [0.05, 0.1) is 10.0 Å². The number of carbonyl (C=O) groups is 1. The van der Waals surface area contributed by atoms with E-state index in [1.54, 1.807) is 0 Å². The van der Waals surface area contributed by atoms with E-state index in [1.807, 2.05) is 0 Å². The lowest BCUT2D eigenvalue weighted by atomic mass is 10.1. The van der Waals surface area contributed by atoms with Crippen LogP contribution in [0.15, 0.2) is 34.8 Å². The van der Waals surface area contributed by atoms with Gasteiger partial charge in [0.1, 0.15) is 17.5 Å². The number of ketones is 1. The minimum absolute atomic E-state index is 0.0539. The van der Waals surface area contributed by atoms with Crippen LogP contribution in [0.25, 0.3) is 0 Å². The number of Topliss-reactive ketones (excluding diaryl/α,β-unsaturated/α-hetero) is 1. The van der Waals surface area contributed by atoms with E-state index in [-0.39, 0.29) is 4.47 Å². The highest BCUT2D eigenvalue weighted by molar-refractivity contribution is 9.10. The molecule has 0 fully saturated rings. The second-order valence-electron chi connectivity index (χ2n) is 4.01. The fourth-order valence-electron chi connectivity index (χ4n) is 1.64. The average molecular weight is 363 g/mol. The van der Waals surface area contributed by atoms with Crippen molar-refractivity contribution in [3.05, 3.63) is 63.6 Å². The van der Waals surface area contributed by atoms with Gasteiger partial charge in [-0.1, -0.05) is 6.07 Å². The van der Waals surface area contributed by atoms with Crippen LogP contribution in [-0.4, -0.2) is 12.4 Å². The lowest BCUT2D eigenvalue weighted by Crippen LogP contribution is -2.16. The molecule has 2 aromatic rings. The van der Waals surface area contributed by atoms with Crippen LogP contribution >= 0.6 is 15.9 Å². The largest absolute Gasteiger partial charge is 0.481 e. The monoisotopic (exact) mass is 362 g/mol. The first-order valence-corrected chi connectivity index (χ1v) is 6.44. The number of hydrogen-bond donors (Lipinski definition) is 0. The Morgan fingerprint density at radius 2 is 1.67 bits per heavy atom. The summed E-state index contributed by atoms with van der Waals surface area (Å²) in [5, 5.41) is 0. The van der Waals surface area contributed by atoms with Gasteiger partial charge in [-0.2, -0.15) is 0 Å². The molecule has 0 aliphatic heterocycles. The molecule has 2 nitrogen and oxygen atoms in total. The molecule has 2 rings (SSSR count). The Kier molecular flexibility index (Phi) is 4.62. The van der Waals surface area contributed by atoms with Gasteiger partial charge in [-0.15, -0.1) is 0 Å². The summed E-state index contributed by atoms with van der Waals surface area (Å²) in [4.78, 5) is 11.7. The van der Waals surface area contributed by atoms with Crippen LogP contribution in [0.5, 0.6) is 5.75 Å². The Hall–Kier alpha value is -1.89. The molecule has 110 valence electrons. The Morgan fingerprint density at radius 3 is 2.24 bits per heavy atom. The maximum atomic E-state index is 13.5. The Bertz CT molecular complexity index is 660. The molecule has 0 unspecified atom stereocenters. The fourth-order valence-corrected chi connectivity index (χ4v) is 2.16. The highest BCUT2D eigenvalue weighted by Crippen LogP contribution is 2.29. The van der Waals surface area contributed by atoms with Gasteiger partial charge in [-0.25, -0.2) is 17.6 Å². The van der Waals surface area contributed by atoms with Crippen molar-refractivity contribution in [2.75, 3.05) is 6.61 Å². The fraction of sp³-hybridized carbons (Fsp3) is 0.0714. The number of carbonyl (C=O) groups excluding carboxylic acids is 1. The van der Waals surface area contributed by atoms with Crippen molar-refractivity contribution in [2.24, 2.45) is 0 Å². The van der Waals surface area contributed by atoms with Gasteiger partial charge in [0, 0.05) is 6.07 Å². The SMILES string of the molecule is O=C(COc1c(F)cc(F)cc1Br)c1c(F)cccc1F. The van der Waals surface area contributed by atoms with Gasteiger partial charge in [-0.05, 0) is 34.1 Å². The first-order valence-electron chi connectivity index (χ1n) is 5.64. The van der Waals surface area contributed by atoms with Crippen molar-refractivity contribution < 1.29 is 27.1 Å². The molecule has 0 bridgehead atoms. The summed E-state index contributed by atoms with van der Waals surface area (Å²) in [5.74, 6) is -5.37. The molecule has 0 saturated carbocycles. The predicted octanol–water partition coefficient (Wildman–Crippen LogP) is 4.27. The molecule has 0 aliphatic rings. The zero-order valence-corrected chi connectivity index (χ0v) is 11.9. The molecule has 0 radical (unpaired) electrons. The molecule has 0 saturated heterocycles. The molecule has 0 spiro atoms. The quantitative estimate of drug-likeness (QED) is 0.599. The topological polar surface area (TPSA) is 26.3 Å². The zero-order valence-electron chi connectivity index (χ0n) is 10.3. The molecular weight excluding hydrogens is 356 g/mol. The summed E-state index contributed by atoms with van der Waals surface area (Å²) >= 11 is 2.87. The summed E-state index contributed by atoms with van der Waals surface area (Å²) in [5.41, 5.74) is -0.767. The van der Waals surface area contributed by atoms with Gasteiger partial charge in [-0.3, -0.25) is 4.79 Å². The number of halogens is 5. The van der Waals surface area contributed by atoms with Crippen molar-refractivity contribution in [3.8, 4) is 5.75 Å². The summed E-state index contributed by atoms with van der Waals surface area (Å²) in [6.07, 6.45) is 0. The second-order valence-corrected chi connectivity index (χ2v) is 4.86. The third kappa shape index (κ3) is 3.41. The minimum atomic E-state index is -1.04. The highest BCUT2D eigenvalue weighted by atomic mass is 79.9. The van der Waals surface area contributed by atoms with Gasteiger partial charge in [0.15, 0.2) is 18.2 Å². The first kappa shape index (κ1) is 15.5. The molecule has 0 heterocycles. The van der Waals surface area contributed by atoms with Gasteiger partial charge in [0.2, 0.25) is 5.78 Å². The molecule has 0 aliphatic carbocycles. The van der Waals surface area contributed by atoms with E-state index < -0.39 is 47.0 Å². The number of ether oxygens (including phenoxy) is 1. The summed E-state index contributed by atoms with van der Waals surface area (Å²) in [6.45, 7) is -0.793. The van der Waals surface area contributed by atoms with E-state index in [4.69, 9.17) is 4.74 Å². The first-order chi connectivity index (χ1) is 9.90. The normalized spacial score (nSPS) is 10.5. The van der Waals surface area contributed by atoms with E-state index in [2.05, 4.69) is 15.9 Å². The van der Waals surface area contributed by atoms with Crippen molar-refractivity contribution in [1.82, 2.24) is 0 Å². The van der Waals surface area contributed by atoms with Crippen molar-refractivity contribution in [3.63, 3.8) is 0 Å². The maximum absolute atomic E-state index is 13.5. The maximum Gasteiger partial charge on any atom is 0.206 e. The van der Waals surface area contributed by atoms with Gasteiger partial charge < -0.3 is 4.74 Å². The lowest BCUT2D eigenvalue weighted by Gasteiger charge is -2.09. The van der Waals surface area contributed by atoms with Crippen LogP contribution in [0.4, 0.5) is 17.6 Å². The Balaban J connectivity index is 2.19. The Morgan fingerprint density at radius 1 is 1.05 bits per heavy atom. The smallest absolute Gasteiger partial charge is 0.206 e. The minimum Gasteiger partial charge on any atom is -0.481 e. The van der Waals surface area contributed by atoms with E-state index in [0.29, 0.717) is 6.07 Å². The van der Waals surface area contributed by atoms with E-state index in [0.717, 1.165) is 24.3 Å². The number of benzene rings is 2. The highest BCUT2D eigenvalue weighted by Gasteiger charge is 2.19. The van der Waals surface area contributed by atoms with Crippen LogP contribution in [0, 0.1) is 23.3 Å². The van der Waals surface area contributed by atoms with Crippen LogP contribution in [-0.2, 0) is 0 Å². The molecule has 21 heavy (non-hydrogen) atoms. The van der Waals surface area contributed by atoms with E-state index >= 15 is 0 Å². The van der Waals surface area contributed by atoms with Crippen LogP contribution in [0.2, 0.25) is 0 Å². The predicted molar refractivity (Wildman–Crippen MR) is 70.2 cm³/mol. The number of rotatable bonds is 4. The van der Waals surface area contributed by atoms with E-state index in [9.17, 15) is 22.4 Å². The average Bonchev–Trinajstić information content (AvgIpc) is 2.37. The summed E-state index contributed by atoms with van der Waals surface area (Å²) in [6, 6.07) is 4.45. The summed E-state index contributed by atoms with van der Waals surface area (Å²) in [7, 11) is 0. The molecule has 0 N–H and O–H groups in total. The molecule has 0 aromatic heterocycles. The summed E-state index contributed by atoms with van der Waals surface area (Å²) < 4.78 is 58.0. The van der Waals surface area contributed by atoms with Crippen LogP contribution in [0.3, 0.4) is 0 Å². The molecule has 0 amide bonds. The second kappa shape index (κ2) is 6.26. The number of hydrogen-bond acceptors (Lipinski definition) is 2. The van der Waals surface area contributed by atoms with Crippen molar-refractivity contribution >= 4 is 21.7 Å². The molecule has 0 atom stereocenters. The van der Waals surface area contributed by atoms with Crippen molar-refractivity contribution in [1.29, 1.82) is 0 Å². The van der Waals surface area contributed by atoms with E-state index in [1.165, 1.54) is 0 Å². The van der Waals surface area contributed by atoms with Crippen LogP contribution in [0.1, 0.15) is 10.4 Å². The molecular formula is C14H7BrF4O2. The van der Waals surface area contributed by atoms with Gasteiger partial charge in [0.25, 0.3) is 0 Å². The standard InChI is InChI=1S/C14H7BrF4O2/c15-8-4-7(16)5-11(19)14(8)21-6-12(20)13-9(17)2-1-3-10(13)18/h1-5H,6H2.